The summed E-state index contributed by atoms with van der Waals surface area (Å²) in [6.45, 7) is 10.1. The van der Waals surface area contributed by atoms with Gasteiger partial charge in [0.25, 0.3) is 0 Å². The lowest BCUT2D eigenvalue weighted by molar-refractivity contribution is -0.161. The lowest BCUT2D eigenvalue weighted by Gasteiger charge is -2.45. The molecule has 0 aromatic rings. The number of hydrogen-bond donors (Lipinski definition) is 0. The van der Waals surface area contributed by atoms with Crippen molar-refractivity contribution >= 4 is 18.0 Å². The van der Waals surface area contributed by atoms with Crippen molar-refractivity contribution in [1.29, 1.82) is 0 Å². The number of hydrogen-bond acceptors (Lipinski definition) is 7. The lowest BCUT2D eigenvalue weighted by Crippen LogP contribution is -2.61. The number of likely N-dealkylation sites (N-methyl/N-ethyl adjacent to an activating group) is 1. The second-order valence-corrected chi connectivity index (χ2v) is 16.0. The number of unbranched alkanes of at least 4 members (excludes halogenated alkanes) is 19. The van der Waals surface area contributed by atoms with Gasteiger partial charge in [0.05, 0.1) is 6.04 Å². The third-order valence-corrected chi connectivity index (χ3v) is 10.6. The summed E-state index contributed by atoms with van der Waals surface area (Å²) in [7, 11) is 1.74. The van der Waals surface area contributed by atoms with Crippen LogP contribution in [0.3, 0.4) is 0 Å². The number of rotatable bonds is 36. The van der Waals surface area contributed by atoms with Crippen LogP contribution in [-0.4, -0.2) is 79.4 Å². The minimum Gasteiger partial charge on any atom is -0.462 e. The Labute approximate surface area is 338 Å². The molecule has 1 unspecified atom stereocenters. The van der Waals surface area contributed by atoms with Crippen LogP contribution in [0.15, 0.2) is 36.5 Å². The molecule has 0 aromatic carbocycles. The molecular formula is C47H84N2O6. The van der Waals surface area contributed by atoms with Gasteiger partial charge in [0.2, 0.25) is 0 Å². The van der Waals surface area contributed by atoms with Crippen molar-refractivity contribution in [2.75, 3.05) is 33.4 Å². The van der Waals surface area contributed by atoms with Gasteiger partial charge >= 0.3 is 18.0 Å². The normalized spacial score (nSPS) is 14.3. The van der Waals surface area contributed by atoms with E-state index in [-0.39, 0.29) is 31.2 Å². The van der Waals surface area contributed by atoms with Crippen LogP contribution in [0.2, 0.25) is 0 Å². The number of carbonyl (C=O) groups excluding carboxylic acids is 3. The zero-order valence-electron chi connectivity index (χ0n) is 36.3. The monoisotopic (exact) mass is 773 g/mol. The van der Waals surface area contributed by atoms with Gasteiger partial charge in [-0.1, -0.05) is 134 Å². The van der Waals surface area contributed by atoms with Crippen LogP contribution in [0.25, 0.3) is 0 Å². The number of carbonyl (C=O) groups is 3. The van der Waals surface area contributed by atoms with Crippen LogP contribution in [0.4, 0.5) is 4.79 Å². The Bertz CT molecular complexity index is 1030. The van der Waals surface area contributed by atoms with Gasteiger partial charge in [-0.25, -0.2) is 4.79 Å². The average molecular weight is 773 g/mol. The number of amides is 1. The van der Waals surface area contributed by atoms with Crippen LogP contribution in [0, 0.1) is 0 Å². The third kappa shape index (κ3) is 29.3. The summed E-state index contributed by atoms with van der Waals surface area (Å²) in [5.41, 5.74) is 0. The summed E-state index contributed by atoms with van der Waals surface area (Å²) in [4.78, 5) is 42.0. The second kappa shape index (κ2) is 35.8. The van der Waals surface area contributed by atoms with E-state index in [9.17, 15) is 14.4 Å². The molecule has 1 amide bonds. The van der Waals surface area contributed by atoms with Crippen molar-refractivity contribution in [2.45, 2.75) is 213 Å². The van der Waals surface area contributed by atoms with Gasteiger partial charge in [-0.3, -0.25) is 14.5 Å². The molecule has 8 heteroatoms. The van der Waals surface area contributed by atoms with E-state index in [0.29, 0.717) is 18.9 Å². The average Bonchev–Trinajstić information content (AvgIpc) is 3.14. The zero-order chi connectivity index (χ0) is 40.2. The molecule has 0 spiro atoms. The molecular weight excluding hydrogens is 689 g/mol. The minimum atomic E-state index is -0.824. The number of likely N-dealkylation sites (tertiary alicyclic amines) is 1. The molecule has 1 aliphatic heterocycles. The van der Waals surface area contributed by atoms with Gasteiger partial charge < -0.3 is 19.1 Å². The smallest absolute Gasteiger partial charge is 0.409 e. The molecule has 0 bridgehead atoms. The first-order valence-corrected chi connectivity index (χ1v) is 22.7. The summed E-state index contributed by atoms with van der Waals surface area (Å²) in [5, 5.41) is 0. The lowest BCUT2D eigenvalue weighted by atomic mass is 10.1. The topological polar surface area (TPSA) is 85.4 Å². The predicted octanol–water partition coefficient (Wildman–Crippen LogP) is 12.5. The Morgan fingerprint density at radius 3 is 1.53 bits per heavy atom. The molecule has 0 N–H and O–H groups in total. The second-order valence-electron chi connectivity index (χ2n) is 16.0. The first-order chi connectivity index (χ1) is 26.8. The predicted molar refractivity (Wildman–Crippen MR) is 229 cm³/mol. The van der Waals surface area contributed by atoms with E-state index in [1.165, 1.54) is 77.0 Å². The molecule has 1 heterocycles. The molecule has 1 aliphatic rings. The first-order valence-electron chi connectivity index (χ1n) is 22.7. The van der Waals surface area contributed by atoms with Crippen LogP contribution in [-0.2, 0) is 23.8 Å². The Kier molecular flexibility index (Phi) is 32.8. The van der Waals surface area contributed by atoms with Crippen molar-refractivity contribution in [1.82, 2.24) is 9.80 Å². The molecule has 8 nitrogen and oxygen atoms in total. The third-order valence-electron chi connectivity index (χ3n) is 10.6. The maximum absolute atomic E-state index is 12.8. The highest BCUT2D eigenvalue weighted by molar-refractivity contribution is 5.70. The van der Waals surface area contributed by atoms with Crippen LogP contribution in [0.5, 0.6) is 0 Å². The number of esters is 2. The fraction of sp³-hybridized carbons (Fsp3) is 0.809. The van der Waals surface area contributed by atoms with E-state index in [4.69, 9.17) is 14.2 Å². The molecule has 1 rings (SSSR count). The summed E-state index contributed by atoms with van der Waals surface area (Å²) >= 11 is 0. The first kappa shape index (κ1) is 50.4. The Morgan fingerprint density at radius 1 is 0.582 bits per heavy atom. The molecule has 0 saturated carbocycles. The number of allylic oxidation sites excluding steroid dienone is 6. The van der Waals surface area contributed by atoms with Crippen molar-refractivity contribution in [2.24, 2.45) is 0 Å². The van der Waals surface area contributed by atoms with E-state index in [1.54, 1.807) is 11.9 Å². The molecule has 0 aliphatic carbocycles. The molecule has 0 aromatic heterocycles. The van der Waals surface area contributed by atoms with E-state index in [1.807, 2.05) is 0 Å². The minimum absolute atomic E-state index is 0.0960. The fourth-order valence-corrected chi connectivity index (χ4v) is 6.61. The summed E-state index contributed by atoms with van der Waals surface area (Å²) in [5.74, 6) is -0.654. The number of ether oxygens (including phenoxy) is 3. The maximum atomic E-state index is 12.8. The molecule has 1 atom stereocenters. The summed E-state index contributed by atoms with van der Waals surface area (Å²) in [6.07, 6.45) is 40.9. The highest BCUT2D eigenvalue weighted by Crippen LogP contribution is 2.18. The summed E-state index contributed by atoms with van der Waals surface area (Å²) < 4.78 is 16.8. The van der Waals surface area contributed by atoms with Gasteiger partial charge in [-0.15, -0.1) is 0 Å². The number of nitrogens with zero attached hydrogens (tertiary/aromatic N) is 2. The molecule has 0 radical (unpaired) electrons. The fourth-order valence-electron chi connectivity index (χ4n) is 6.61. The van der Waals surface area contributed by atoms with Crippen molar-refractivity contribution in [3.8, 4) is 0 Å². The quantitative estimate of drug-likeness (QED) is 0.0271. The van der Waals surface area contributed by atoms with E-state index in [0.717, 1.165) is 90.1 Å². The Morgan fingerprint density at radius 2 is 1.00 bits per heavy atom. The van der Waals surface area contributed by atoms with Gasteiger partial charge in [-0.05, 0) is 84.5 Å². The van der Waals surface area contributed by atoms with E-state index >= 15 is 0 Å². The van der Waals surface area contributed by atoms with Crippen LogP contribution >= 0.6 is 0 Å². The Balaban J connectivity index is 2.31. The summed E-state index contributed by atoms with van der Waals surface area (Å²) in [6, 6.07) is 0.532. The molecule has 1 saturated heterocycles. The van der Waals surface area contributed by atoms with E-state index in [2.05, 4.69) is 69.1 Å². The molecule has 1 fully saturated rings. The van der Waals surface area contributed by atoms with Crippen LogP contribution in [0.1, 0.15) is 195 Å². The van der Waals surface area contributed by atoms with Gasteiger partial charge in [-0.2, -0.15) is 0 Å². The largest absolute Gasteiger partial charge is 0.462 e. The van der Waals surface area contributed by atoms with Crippen molar-refractivity contribution in [3.63, 3.8) is 0 Å². The Hall–Kier alpha value is -2.61. The standard InChI is InChI=1S/C47H84N2O6/c1-6-8-10-12-14-16-18-20-22-24-26-28-30-32-34-36-45(50)53-40-44(41-54-47(52)48(5)43-38-49(39-43)42(3)4)55-46(51)37-35-33-31-29-27-25-23-21-19-17-15-13-11-9-7-2/h14,16,20-23,42-44H,6-13,15,17-19,24-41H2,1-5H3/b16-14-,22-20-,23-21-. The van der Waals surface area contributed by atoms with Gasteiger partial charge in [0, 0.05) is 39.0 Å². The van der Waals surface area contributed by atoms with Crippen molar-refractivity contribution < 1.29 is 28.6 Å². The zero-order valence-corrected chi connectivity index (χ0v) is 36.3. The highest BCUT2D eigenvalue weighted by Gasteiger charge is 2.34. The van der Waals surface area contributed by atoms with E-state index < -0.39 is 12.2 Å². The molecule has 55 heavy (non-hydrogen) atoms. The van der Waals surface area contributed by atoms with Gasteiger partial charge in [0.1, 0.15) is 13.2 Å². The maximum Gasteiger partial charge on any atom is 0.409 e. The highest BCUT2D eigenvalue weighted by atomic mass is 16.6. The van der Waals surface area contributed by atoms with Crippen LogP contribution < -0.4 is 0 Å². The SMILES string of the molecule is CCCCC/C=C\C/C=C\CCCCCCCC(=O)OCC(COC(=O)N(C)C1CN(C(C)C)C1)OC(=O)CCCCCCC/C=C\CCCCCCCC. The van der Waals surface area contributed by atoms with Gasteiger partial charge in [0.15, 0.2) is 6.10 Å². The molecule has 318 valence electrons. The van der Waals surface area contributed by atoms with Crippen molar-refractivity contribution in [3.05, 3.63) is 36.5 Å².